The molecule has 2 aromatic carbocycles. The number of primary amides is 1. The Morgan fingerprint density at radius 2 is 1.67 bits per heavy atom. The molecule has 0 bridgehead atoms. The molecule has 1 amide bonds. The van der Waals surface area contributed by atoms with Gasteiger partial charge in [0, 0.05) is 16.8 Å². The standard InChI is InChI=1S/C15H13N5O/c16-12-5-1-11(2-6-12)15-18-9-20(19-15)13-7-3-10(4-8-13)14(17)21/h1-9H,16H2,(H2,17,21). The SMILES string of the molecule is NC(=O)c1ccc(-n2cnc(-c3ccc(N)cc3)n2)cc1. The largest absolute Gasteiger partial charge is 0.399 e. The predicted molar refractivity (Wildman–Crippen MR) is 79.7 cm³/mol. The Kier molecular flexibility index (Phi) is 3.12. The molecule has 4 N–H and O–H groups in total. The average Bonchev–Trinajstić information content (AvgIpc) is 2.98. The van der Waals surface area contributed by atoms with Gasteiger partial charge in [0.25, 0.3) is 0 Å². The fraction of sp³-hybridized carbons (Fsp3) is 0. The highest BCUT2D eigenvalue weighted by molar-refractivity contribution is 5.92. The molecule has 0 aliphatic carbocycles. The highest BCUT2D eigenvalue weighted by atomic mass is 16.1. The van der Waals surface area contributed by atoms with Crippen molar-refractivity contribution in [2.75, 3.05) is 5.73 Å². The van der Waals surface area contributed by atoms with Crippen molar-refractivity contribution in [1.82, 2.24) is 14.8 Å². The van der Waals surface area contributed by atoms with Crippen molar-refractivity contribution < 1.29 is 4.79 Å². The number of aromatic nitrogens is 3. The fourth-order valence-corrected chi connectivity index (χ4v) is 1.93. The molecule has 1 heterocycles. The van der Waals surface area contributed by atoms with Crippen LogP contribution >= 0.6 is 0 Å². The number of benzene rings is 2. The lowest BCUT2D eigenvalue weighted by atomic mass is 10.2. The van der Waals surface area contributed by atoms with Crippen LogP contribution in [0.1, 0.15) is 10.4 Å². The number of nitrogens with zero attached hydrogens (tertiary/aromatic N) is 3. The molecule has 3 aromatic rings. The summed E-state index contributed by atoms with van der Waals surface area (Å²) in [5, 5.41) is 4.40. The second-order valence-corrected chi connectivity index (χ2v) is 4.55. The van der Waals surface area contributed by atoms with Crippen LogP contribution in [0.3, 0.4) is 0 Å². The van der Waals surface area contributed by atoms with Gasteiger partial charge < -0.3 is 11.5 Å². The summed E-state index contributed by atoms with van der Waals surface area (Å²) >= 11 is 0. The van der Waals surface area contributed by atoms with Crippen LogP contribution in [0.25, 0.3) is 17.1 Å². The minimum atomic E-state index is -0.456. The molecule has 0 saturated carbocycles. The quantitative estimate of drug-likeness (QED) is 0.711. The second kappa shape index (κ2) is 5.09. The van der Waals surface area contributed by atoms with E-state index in [2.05, 4.69) is 10.1 Å². The summed E-state index contributed by atoms with van der Waals surface area (Å²) in [5.41, 5.74) is 13.7. The number of hydrogen-bond donors (Lipinski definition) is 2. The lowest BCUT2D eigenvalue weighted by Crippen LogP contribution is -2.10. The van der Waals surface area contributed by atoms with Crippen molar-refractivity contribution in [3.8, 4) is 17.1 Å². The summed E-state index contributed by atoms with van der Waals surface area (Å²) in [7, 11) is 0. The van der Waals surface area contributed by atoms with Gasteiger partial charge in [-0.1, -0.05) is 0 Å². The maximum Gasteiger partial charge on any atom is 0.248 e. The van der Waals surface area contributed by atoms with Crippen molar-refractivity contribution in [2.45, 2.75) is 0 Å². The number of nitrogen functional groups attached to an aromatic ring is 1. The van der Waals surface area contributed by atoms with Crippen LogP contribution in [0.15, 0.2) is 54.9 Å². The van der Waals surface area contributed by atoms with E-state index < -0.39 is 5.91 Å². The molecule has 0 atom stereocenters. The van der Waals surface area contributed by atoms with E-state index in [1.54, 1.807) is 47.4 Å². The van der Waals surface area contributed by atoms with Crippen molar-refractivity contribution in [3.05, 3.63) is 60.4 Å². The van der Waals surface area contributed by atoms with Crippen molar-refractivity contribution in [2.24, 2.45) is 5.73 Å². The molecule has 0 radical (unpaired) electrons. The predicted octanol–water partition coefficient (Wildman–Crippen LogP) is 1.62. The topological polar surface area (TPSA) is 99.8 Å². The molecule has 0 aliphatic heterocycles. The van der Waals surface area contributed by atoms with Gasteiger partial charge in [0.15, 0.2) is 5.82 Å². The van der Waals surface area contributed by atoms with Crippen LogP contribution in [-0.4, -0.2) is 20.7 Å². The molecule has 0 saturated heterocycles. The van der Waals surface area contributed by atoms with Gasteiger partial charge in [-0.3, -0.25) is 4.79 Å². The van der Waals surface area contributed by atoms with Gasteiger partial charge in [0.1, 0.15) is 6.33 Å². The van der Waals surface area contributed by atoms with Gasteiger partial charge in [0.05, 0.1) is 5.69 Å². The zero-order chi connectivity index (χ0) is 14.8. The lowest BCUT2D eigenvalue weighted by Gasteiger charge is -2.01. The summed E-state index contributed by atoms with van der Waals surface area (Å²) in [6, 6.07) is 14.2. The Balaban J connectivity index is 1.90. The van der Waals surface area contributed by atoms with E-state index in [1.807, 2.05) is 12.1 Å². The van der Waals surface area contributed by atoms with Crippen LogP contribution in [0, 0.1) is 0 Å². The molecule has 0 spiro atoms. The Morgan fingerprint density at radius 3 is 2.29 bits per heavy atom. The van der Waals surface area contributed by atoms with E-state index in [1.165, 1.54) is 0 Å². The van der Waals surface area contributed by atoms with E-state index in [0.717, 1.165) is 11.3 Å². The second-order valence-electron chi connectivity index (χ2n) is 4.55. The van der Waals surface area contributed by atoms with E-state index in [-0.39, 0.29) is 0 Å². The lowest BCUT2D eigenvalue weighted by molar-refractivity contribution is 0.100. The molecule has 3 rings (SSSR count). The van der Waals surface area contributed by atoms with Crippen LogP contribution in [0.4, 0.5) is 5.69 Å². The number of carbonyl (C=O) groups excluding carboxylic acids is 1. The third-order valence-electron chi connectivity index (χ3n) is 3.08. The molecule has 6 nitrogen and oxygen atoms in total. The maximum absolute atomic E-state index is 11.0. The van der Waals surface area contributed by atoms with E-state index in [0.29, 0.717) is 17.1 Å². The Labute approximate surface area is 121 Å². The molecule has 0 aliphatic rings. The highest BCUT2D eigenvalue weighted by Crippen LogP contribution is 2.17. The summed E-state index contributed by atoms with van der Waals surface area (Å²) in [6.07, 6.45) is 1.62. The van der Waals surface area contributed by atoms with Crippen LogP contribution in [0.5, 0.6) is 0 Å². The number of amides is 1. The maximum atomic E-state index is 11.0. The first-order chi connectivity index (χ1) is 10.1. The smallest absolute Gasteiger partial charge is 0.248 e. The molecule has 1 aromatic heterocycles. The molecule has 0 unspecified atom stereocenters. The average molecular weight is 279 g/mol. The first-order valence-corrected chi connectivity index (χ1v) is 6.31. The monoisotopic (exact) mass is 279 g/mol. The van der Waals surface area contributed by atoms with E-state index in [4.69, 9.17) is 11.5 Å². The van der Waals surface area contributed by atoms with Crippen molar-refractivity contribution in [3.63, 3.8) is 0 Å². The molecule has 104 valence electrons. The van der Waals surface area contributed by atoms with Gasteiger partial charge in [-0.05, 0) is 48.5 Å². The zero-order valence-corrected chi connectivity index (χ0v) is 11.1. The fourth-order valence-electron chi connectivity index (χ4n) is 1.93. The van der Waals surface area contributed by atoms with Crippen LogP contribution in [-0.2, 0) is 0 Å². The highest BCUT2D eigenvalue weighted by Gasteiger charge is 2.06. The third-order valence-corrected chi connectivity index (χ3v) is 3.08. The van der Waals surface area contributed by atoms with Crippen LogP contribution in [0.2, 0.25) is 0 Å². The minimum Gasteiger partial charge on any atom is -0.399 e. The molecular weight excluding hydrogens is 266 g/mol. The first kappa shape index (κ1) is 12.9. The number of carbonyl (C=O) groups is 1. The Bertz CT molecular complexity index is 775. The Morgan fingerprint density at radius 1 is 1.00 bits per heavy atom. The molecule has 21 heavy (non-hydrogen) atoms. The zero-order valence-electron chi connectivity index (χ0n) is 11.1. The number of nitrogens with two attached hydrogens (primary N) is 2. The number of rotatable bonds is 3. The van der Waals surface area contributed by atoms with E-state index >= 15 is 0 Å². The third kappa shape index (κ3) is 2.59. The van der Waals surface area contributed by atoms with Gasteiger partial charge in [-0.25, -0.2) is 9.67 Å². The van der Waals surface area contributed by atoms with Gasteiger partial charge in [-0.15, -0.1) is 5.10 Å². The first-order valence-electron chi connectivity index (χ1n) is 6.31. The Hall–Kier alpha value is -3.15. The minimum absolute atomic E-state index is 0.456. The van der Waals surface area contributed by atoms with Gasteiger partial charge in [0.2, 0.25) is 5.91 Å². The molecule has 6 heteroatoms. The normalized spacial score (nSPS) is 10.5. The van der Waals surface area contributed by atoms with Crippen molar-refractivity contribution >= 4 is 11.6 Å². The van der Waals surface area contributed by atoms with Gasteiger partial charge in [-0.2, -0.15) is 0 Å². The summed E-state index contributed by atoms with van der Waals surface area (Å²) in [4.78, 5) is 15.3. The summed E-state index contributed by atoms with van der Waals surface area (Å²) in [5.74, 6) is 0.150. The number of anilines is 1. The molecular formula is C15H13N5O. The van der Waals surface area contributed by atoms with Crippen LogP contribution < -0.4 is 11.5 Å². The summed E-state index contributed by atoms with van der Waals surface area (Å²) < 4.78 is 1.64. The van der Waals surface area contributed by atoms with Crippen molar-refractivity contribution in [1.29, 1.82) is 0 Å². The summed E-state index contributed by atoms with van der Waals surface area (Å²) in [6.45, 7) is 0. The van der Waals surface area contributed by atoms with E-state index in [9.17, 15) is 4.79 Å². The number of hydrogen-bond acceptors (Lipinski definition) is 4. The van der Waals surface area contributed by atoms with Gasteiger partial charge >= 0.3 is 0 Å². The molecule has 0 fully saturated rings.